The molecule has 5 nitrogen and oxygen atoms in total. The highest BCUT2D eigenvalue weighted by Gasteiger charge is 2.26. The van der Waals surface area contributed by atoms with Crippen molar-refractivity contribution < 1.29 is 20.1 Å². The van der Waals surface area contributed by atoms with Crippen LogP contribution in [0.15, 0.2) is 0 Å². The van der Waals surface area contributed by atoms with Crippen LogP contribution in [-0.2, 0) is 4.79 Å². The molecule has 3 unspecified atom stereocenters. The lowest BCUT2D eigenvalue weighted by Crippen LogP contribution is -2.50. The zero-order valence-corrected chi connectivity index (χ0v) is 34.8. The molecule has 0 fully saturated rings. The van der Waals surface area contributed by atoms with Crippen molar-refractivity contribution in [2.45, 2.75) is 283 Å². The summed E-state index contributed by atoms with van der Waals surface area (Å²) in [5, 5.41) is 33.6. The fourth-order valence-corrected chi connectivity index (χ4v) is 7.58. The van der Waals surface area contributed by atoms with Gasteiger partial charge in [0.2, 0.25) is 5.91 Å². The highest BCUT2D eigenvalue weighted by molar-refractivity contribution is 5.76. The molecule has 0 aliphatic heterocycles. The number of unbranched alkanes of at least 4 members (excludes halogenated alkanes) is 35. The number of carbonyl (C=O) groups excluding carboxylic acids is 1. The number of nitrogens with one attached hydrogen (secondary N) is 1. The molecular formula is C46H93NO4. The van der Waals surface area contributed by atoms with E-state index in [0.717, 1.165) is 32.1 Å². The van der Waals surface area contributed by atoms with E-state index in [9.17, 15) is 20.1 Å². The first kappa shape index (κ1) is 50.4. The summed E-state index contributed by atoms with van der Waals surface area (Å²) in [5.74, 6) is -0.138. The van der Waals surface area contributed by atoms with Gasteiger partial charge in [0, 0.05) is 6.42 Å². The lowest BCUT2D eigenvalue weighted by molar-refractivity contribution is -0.124. The minimum Gasteiger partial charge on any atom is -0.394 e. The van der Waals surface area contributed by atoms with Crippen LogP contribution in [0.2, 0.25) is 0 Å². The molecule has 0 bridgehead atoms. The number of amides is 1. The fourth-order valence-electron chi connectivity index (χ4n) is 7.58. The summed E-state index contributed by atoms with van der Waals surface area (Å²) in [5.41, 5.74) is 0. The van der Waals surface area contributed by atoms with Gasteiger partial charge in [0.15, 0.2) is 0 Å². The van der Waals surface area contributed by atoms with Gasteiger partial charge < -0.3 is 20.6 Å². The molecule has 0 aromatic carbocycles. The van der Waals surface area contributed by atoms with E-state index in [0.29, 0.717) is 12.8 Å². The molecule has 5 heteroatoms. The topological polar surface area (TPSA) is 89.8 Å². The first-order valence-electron chi connectivity index (χ1n) is 23.3. The molecule has 0 heterocycles. The van der Waals surface area contributed by atoms with Gasteiger partial charge in [0.05, 0.1) is 18.8 Å². The van der Waals surface area contributed by atoms with Gasteiger partial charge in [-0.15, -0.1) is 0 Å². The Morgan fingerprint density at radius 2 is 0.667 bits per heavy atom. The smallest absolute Gasteiger partial charge is 0.220 e. The van der Waals surface area contributed by atoms with Gasteiger partial charge in [-0.3, -0.25) is 4.79 Å². The predicted molar refractivity (Wildman–Crippen MR) is 222 cm³/mol. The molecule has 4 N–H and O–H groups in total. The molecule has 0 saturated heterocycles. The molecule has 0 aliphatic carbocycles. The zero-order valence-electron chi connectivity index (χ0n) is 34.8. The summed E-state index contributed by atoms with van der Waals surface area (Å²) in [6.45, 7) is 4.21. The van der Waals surface area contributed by atoms with Crippen LogP contribution < -0.4 is 5.32 Å². The summed E-state index contributed by atoms with van der Waals surface area (Å²) < 4.78 is 0. The highest BCUT2D eigenvalue weighted by atomic mass is 16.3. The number of hydrogen-bond donors (Lipinski definition) is 4. The molecule has 0 aliphatic rings. The molecule has 3 atom stereocenters. The van der Waals surface area contributed by atoms with E-state index < -0.39 is 18.2 Å². The monoisotopic (exact) mass is 724 g/mol. The van der Waals surface area contributed by atoms with Crippen LogP contribution in [0.5, 0.6) is 0 Å². The molecule has 0 radical (unpaired) electrons. The van der Waals surface area contributed by atoms with Crippen molar-refractivity contribution in [3.05, 3.63) is 0 Å². The van der Waals surface area contributed by atoms with Crippen molar-refractivity contribution in [2.75, 3.05) is 6.61 Å². The maximum atomic E-state index is 12.4. The number of hydrogen-bond acceptors (Lipinski definition) is 4. The Labute approximate surface area is 319 Å². The minimum atomic E-state index is -1.13. The van der Waals surface area contributed by atoms with Crippen molar-refractivity contribution in [1.29, 1.82) is 0 Å². The van der Waals surface area contributed by atoms with Crippen molar-refractivity contribution in [3.63, 3.8) is 0 Å². The second kappa shape index (κ2) is 42.1. The van der Waals surface area contributed by atoms with Gasteiger partial charge >= 0.3 is 0 Å². The molecule has 0 rings (SSSR count). The number of carbonyl (C=O) groups is 1. The quantitative estimate of drug-likeness (QED) is 0.0472. The lowest BCUT2D eigenvalue weighted by atomic mass is 9.99. The van der Waals surface area contributed by atoms with Gasteiger partial charge in [0.25, 0.3) is 0 Å². The summed E-state index contributed by atoms with van der Waals surface area (Å²) in [6, 6.07) is -0.802. The Kier molecular flexibility index (Phi) is 41.6. The third-order valence-electron chi connectivity index (χ3n) is 11.2. The summed E-state index contributed by atoms with van der Waals surface area (Å²) >= 11 is 0. The SMILES string of the molecule is CCCCCCCCCCCCCCCCCCCCCCC(=O)NC(CO)C(O)C(O)CCCCCCCCCCCCCCCCCCC. The summed E-state index contributed by atoms with van der Waals surface area (Å²) in [6.07, 6.45) is 47.8. The van der Waals surface area contributed by atoms with Crippen LogP contribution in [0.25, 0.3) is 0 Å². The van der Waals surface area contributed by atoms with Crippen LogP contribution in [-0.4, -0.2) is 46.1 Å². The Bertz CT molecular complexity index is 674. The second-order valence-electron chi connectivity index (χ2n) is 16.3. The van der Waals surface area contributed by atoms with Crippen LogP contribution in [0.4, 0.5) is 0 Å². The maximum absolute atomic E-state index is 12.4. The first-order valence-corrected chi connectivity index (χ1v) is 23.3. The zero-order chi connectivity index (χ0) is 37.3. The Morgan fingerprint density at radius 1 is 0.412 bits per heavy atom. The number of aliphatic hydroxyl groups excluding tert-OH is 3. The minimum absolute atomic E-state index is 0.138. The van der Waals surface area contributed by atoms with E-state index in [1.54, 1.807) is 0 Å². The largest absolute Gasteiger partial charge is 0.394 e. The van der Waals surface area contributed by atoms with Crippen molar-refractivity contribution in [3.8, 4) is 0 Å². The molecule has 0 saturated carbocycles. The van der Waals surface area contributed by atoms with Crippen molar-refractivity contribution in [1.82, 2.24) is 5.32 Å². The van der Waals surface area contributed by atoms with Gasteiger partial charge in [-0.1, -0.05) is 245 Å². The van der Waals surface area contributed by atoms with E-state index in [1.165, 1.54) is 205 Å². The highest BCUT2D eigenvalue weighted by Crippen LogP contribution is 2.17. The fraction of sp³-hybridized carbons (Fsp3) is 0.978. The lowest BCUT2D eigenvalue weighted by Gasteiger charge is -2.26. The molecule has 0 spiro atoms. The summed E-state index contributed by atoms with van der Waals surface area (Å²) in [4.78, 5) is 12.4. The molecule has 0 aromatic heterocycles. The van der Waals surface area contributed by atoms with Crippen LogP contribution in [0.3, 0.4) is 0 Å². The Hall–Kier alpha value is -0.650. The number of aliphatic hydroxyl groups is 3. The van der Waals surface area contributed by atoms with Gasteiger partial charge in [-0.25, -0.2) is 0 Å². The van der Waals surface area contributed by atoms with Gasteiger partial charge in [-0.2, -0.15) is 0 Å². The van der Waals surface area contributed by atoms with Crippen molar-refractivity contribution in [2.24, 2.45) is 0 Å². The van der Waals surface area contributed by atoms with Gasteiger partial charge in [0.1, 0.15) is 6.10 Å². The Balaban J connectivity index is 3.56. The van der Waals surface area contributed by atoms with E-state index in [1.807, 2.05) is 0 Å². The average molecular weight is 724 g/mol. The van der Waals surface area contributed by atoms with Crippen LogP contribution in [0, 0.1) is 0 Å². The van der Waals surface area contributed by atoms with E-state index in [-0.39, 0.29) is 12.5 Å². The number of rotatable bonds is 43. The van der Waals surface area contributed by atoms with E-state index >= 15 is 0 Å². The van der Waals surface area contributed by atoms with Crippen molar-refractivity contribution >= 4 is 5.91 Å². The van der Waals surface area contributed by atoms with E-state index in [2.05, 4.69) is 19.2 Å². The third kappa shape index (κ3) is 37.5. The summed E-state index contributed by atoms with van der Waals surface area (Å²) in [7, 11) is 0. The van der Waals surface area contributed by atoms with Gasteiger partial charge in [-0.05, 0) is 12.8 Å². The normalized spacial score (nSPS) is 13.4. The average Bonchev–Trinajstić information content (AvgIpc) is 3.13. The van der Waals surface area contributed by atoms with Crippen LogP contribution in [0.1, 0.15) is 264 Å². The maximum Gasteiger partial charge on any atom is 0.220 e. The molecule has 51 heavy (non-hydrogen) atoms. The second-order valence-corrected chi connectivity index (χ2v) is 16.3. The molecular weight excluding hydrogens is 631 g/mol. The molecule has 0 aromatic rings. The van der Waals surface area contributed by atoms with E-state index in [4.69, 9.17) is 0 Å². The standard InChI is InChI=1S/C46H93NO4/c1-3-5-7-9-11-13-15-17-19-21-22-23-25-27-29-31-33-35-37-39-41-45(50)47-43(42-48)46(51)44(49)40-38-36-34-32-30-28-26-24-20-18-16-14-12-10-8-6-4-2/h43-44,46,48-49,51H,3-42H2,1-2H3,(H,47,50). The molecule has 1 amide bonds. The first-order chi connectivity index (χ1) is 25.1. The predicted octanol–water partition coefficient (Wildman–Crippen LogP) is 13.4. The Morgan fingerprint density at radius 3 is 0.941 bits per heavy atom. The van der Waals surface area contributed by atoms with Crippen LogP contribution >= 0.6 is 0 Å². The third-order valence-corrected chi connectivity index (χ3v) is 11.2. The molecule has 306 valence electrons.